The predicted molar refractivity (Wildman–Crippen MR) is 54.7 cm³/mol. The van der Waals surface area contributed by atoms with Crippen molar-refractivity contribution >= 4 is 15.7 Å². The van der Waals surface area contributed by atoms with E-state index < -0.39 is 14.6 Å². The van der Waals surface area contributed by atoms with Gasteiger partial charge in [-0.1, -0.05) is 0 Å². The lowest BCUT2D eigenvalue weighted by molar-refractivity contribution is -0.132. The van der Waals surface area contributed by atoms with Crippen molar-refractivity contribution in [2.75, 3.05) is 19.3 Å². The highest BCUT2D eigenvalue weighted by atomic mass is 32.2. The van der Waals surface area contributed by atoms with Gasteiger partial charge in [-0.2, -0.15) is 0 Å². The van der Waals surface area contributed by atoms with Crippen LogP contribution >= 0.6 is 0 Å². The van der Waals surface area contributed by atoms with E-state index in [-0.39, 0.29) is 5.91 Å². The van der Waals surface area contributed by atoms with Gasteiger partial charge >= 0.3 is 0 Å². The average molecular weight is 219 g/mol. The van der Waals surface area contributed by atoms with E-state index in [9.17, 15) is 13.2 Å². The molecule has 0 aliphatic carbocycles. The normalized spacial score (nSPS) is 18.6. The molecule has 0 aromatic rings. The number of hydrogen-bond donors (Lipinski definition) is 0. The fraction of sp³-hybridized carbons (Fsp3) is 0.889. The van der Waals surface area contributed by atoms with Crippen LogP contribution in [0.25, 0.3) is 0 Å². The summed E-state index contributed by atoms with van der Waals surface area (Å²) in [7, 11) is -3.33. The molecular formula is C9H17NO3S. The molecule has 0 atom stereocenters. The van der Waals surface area contributed by atoms with Gasteiger partial charge in [-0.05, 0) is 26.7 Å². The summed E-state index contributed by atoms with van der Waals surface area (Å²) in [6.07, 6.45) is 3.07. The number of likely N-dealkylation sites (tertiary alicyclic amines) is 1. The summed E-state index contributed by atoms with van der Waals surface area (Å²) in [6, 6.07) is 0. The fourth-order valence-corrected chi connectivity index (χ4v) is 1.91. The number of nitrogens with zero attached hydrogens (tertiary/aromatic N) is 1. The maximum absolute atomic E-state index is 11.9. The molecule has 0 spiro atoms. The van der Waals surface area contributed by atoms with Crippen LogP contribution in [-0.4, -0.2) is 43.3 Å². The van der Waals surface area contributed by atoms with Gasteiger partial charge in [0, 0.05) is 19.3 Å². The van der Waals surface area contributed by atoms with Crippen molar-refractivity contribution in [3.05, 3.63) is 0 Å². The molecule has 5 heteroatoms. The number of hydrogen-bond acceptors (Lipinski definition) is 3. The fourth-order valence-electron chi connectivity index (χ4n) is 1.46. The standard InChI is InChI=1S/C9H17NO3S/c1-9(2,14(3,12)13)8(11)10-6-4-5-7-10/h4-7H2,1-3H3. The second-order valence-corrected chi connectivity index (χ2v) is 6.85. The Balaban J connectivity index is 2.87. The van der Waals surface area contributed by atoms with Gasteiger partial charge in [-0.3, -0.25) is 4.79 Å². The number of sulfone groups is 1. The molecule has 1 amide bonds. The topological polar surface area (TPSA) is 54.5 Å². The Morgan fingerprint density at radius 2 is 1.64 bits per heavy atom. The van der Waals surface area contributed by atoms with Crippen LogP contribution in [0.3, 0.4) is 0 Å². The van der Waals surface area contributed by atoms with Gasteiger partial charge in [-0.25, -0.2) is 8.42 Å². The van der Waals surface area contributed by atoms with E-state index in [4.69, 9.17) is 0 Å². The average Bonchev–Trinajstić information content (AvgIpc) is 2.52. The minimum Gasteiger partial charge on any atom is -0.341 e. The van der Waals surface area contributed by atoms with Crippen molar-refractivity contribution in [2.45, 2.75) is 31.4 Å². The zero-order chi connectivity index (χ0) is 11.0. The van der Waals surface area contributed by atoms with E-state index in [1.165, 1.54) is 13.8 Å². The minimum absolute atomic E-state index is 0.266. The molecule has 1 saturated heterocycles. The summed E-state index contributed by atoms with van der Waals surface area (Å²) >= 11 is 0. The van der Waals surface area contributed by atoms with Gasteiger partial charge in [0.05, 0.1) is 0 Å². The quantitative estimate of drug-likeness (QED) is 0.677. The molecule has 1 heterocycles. The third-order valence-electron chi connectivity index (χ3n) is 2.84. The molecular weight excluding hydrogens is 202 g/mol. The first kappa shape index (κ1) is 11.5. The van der Waals surface area contributed by atoms with Gasteiger partial charge in [0.2, 0.25) is 5.91 Å². The maximum atomic E-state index is 11.9. The smallest absolute Gasteiger partial charge is 0.243 e. The molecule has 0 N–H and O–H groups in total. The van der Waals surface area contributed by atoms with E-state index in [0.29, 0.717) is 13.1 Å². The Bertz CT molecular complexity index is 326. The first-order valence-electron chi connectivity index (χ1n) is 4.76. The van der Waals surface area contributed by atoms with E-state index in [1.807, 2.05) is 0 Å². The second-order valence-electron chi connectivity index (χ2n) is 4.28. The van der Waals surface area contributed by atoms with Crippen molar-refractivity contribution in [3.63, 3.8) is 0 Å². The largest absolute Gasteiger partial charge is 0.341 e. The lowest BCUT2D eigenvalue weighted by atomic mass is 10.2. The third-order valence-corrected chi connectivity index (χ3v) is 4.86. The zero-order valence-electron chi connectivity index (χ0n) is 8.91. The monoisotopic (exact) mass is 219 g/mol. The highest BCUT2D eigenvalue weighted by Crippen LogP contribution is 2.21. The van der Waals surface area contributed by atoms with E-state index in [1.54, 1.807) is 4.90 Å². The van der Waals surface area contributed by atoms with Crippen LogP contribution < -0.4 is 0 Å². The van der Waals surface area contributed by atoms with Gasteiger partial charge in [0.15, 0.2) is 9.84 Å². The molecule has 0 unspecified atom stereocenters. The van der Waals surface area contributed by atoms with Crippen molar-refractivity contribution in [3.8, 4) is 0 Å². The summed E-state index contributed by atoms with van der Waals surface area (Å²) in [4.78, 5) is 13.5. The number of carbonyl (C=O) groups is 1. The summed E-state index contributed by atoms with van der Waals surface area (Å²) in [5, 5.41) is 0. The van der Waals surface area contributed by atoms with Crippen LogP contribution in [0.1, 0.15) is 26.7 Å². The number of carbonyl (C=O) groups excluding carboxylic acids is 1. The molecule has 0 aromatic heterocycles. The van der Waals surface area contributed by atoms with Crippen LogP contribution in [0, 0.1) is 0 Å². The summed E-state index contributed by atoms with van der Waals surface area (Å²) in [5.74, 6) is -0.266. The van der Waals surface area contributed by atoms with Crippen molar-refractivity contribution in [1.82, 2.24) is 4.90 Å². The van der Waals surface area contributed by atoms with Gasteiger partial charge in [0.25, 0.3) is 0 Å². The Labute approximate surface area is 85.2 Å². The third kappa shape index (κ3) is 1.92. The van der Waals surface area contributed by atoms with Crippen LogP contribution in [0.5, 0.6) is 0 Å². The van der Waals surface area contributed by atoms with E-state index in [2.05, 4.69) is 0 Å². The molecule has 1 aliphatic rings. The van der Waals surface area contributed by atoms with Crippen LogP contribution in [0.4, 0.5) is 0 Å². The molecule has 4 nitrogen and oxygen atoms in total. The molecule has 14 heavy (non-hydrogen) atoms. The van der Waals surface area contributed by atoms with E-state index in [0.717, 1.165) is 19.1 Å². The lowest BCUT2D eigenvalue weighted by Gasteiger charge is -2.27. The highest BCUT2D eigenvalue weighted by molar-refractivity contribution is 7.92. The molecule has 0 radical (unpaired) electrons. The van der Waals surface area contributed by atoms with Gasteiger partial charge < -0.3 is 4.90 Å². The Morgan fingerprint density at radius 1 is 1.21 bits per heavy atom. The Hall–Kier alpha value is -0.580. The van der Waals surface area contributed by atoms with Gasteiger partial charge in [0.1, 0.15) is 4.75 Å². The number of rotatable bonds is 2. The van der Waals surface area contributed by atoms with Gasteiger partial charge in [-0.15, -0.1) is 0 Å². The van der Waals surface area contributed by atoms with Crippen molar-refractivity contribution in [1.29, 1.82) is 0 Å². The molecule has 0 saturated carbocycles. The highest BCUT2D eigenvalue weighted by Gasteiger charge is 2.41. The molecule has 1 fully saturated rings. The van der Waals surface area contributed by atoms with Crippen molar-refractivity contribution in [2.24, 2.45) is 0 Å². The summed E-state index contributed by atoms with van der Waals surface area (Å²) < 4.78 is 21.5. The van der Waals surface area contributed by atoms with Crippen LogP contribution in [0.15, 0.2) is 0 Å². The SMILES string of the molecule is CC(C)(C(=O)N1CCCC1)S(C)(=O)=O. The Morgan fingerprint density at radius 3 is 2.00 bits per heavy atom. The summed E-state index contributed by atoms with van der Waals surface area (Å²) in [6.45, 7) is 4.33. The first-order chi connectivity index (χ1) is 6.27. The van der Waals surface area contributed by atoms with Crippen LogP contribution in [0.2, 0.25) is 0 Å². The molecule has 0 aromatic carbocycles. The molecule has 0 bridgehead atoms. The maximum Gasteiger partial charge on any atom is 0.243 e. The minimum atomic E-state index is -3.33. The molecule has 1 aliphatic heterocycles. The zero-order valence-corrected chi connectivity index (χ0v) is 9.73. The first-order valence-corrected chi connectivity index (χ1v) is 6.65. The molecule has 1 rings (SSSR count). The predicted octanol–water partition coefficient (Wildman–Crippen LogP) is 0.432. The lowest BCUT2D eigenvalue weighted by Crippen LogP contribution is -2.48. The second kappa shape index (κ2) is 3.53. The van der Waals surface area contributed by atoms with Crippen molar-refractivity contribution < 1.29 is 13.2 Å². The summed E-state index contributed by atoms with van der Waals surface area (Å²) in [5.41, 5.74) is 0. The number of amides is 1. The Kier molecular flexibility index (Phi) is 2.90. The molecule has 82 valence electrons. The van der Waals surface area contributed by atoms with E-state index >= 15 is 0 Å². The van der Waals surface area contributed by atoms with Crippen LogP contribution in [-0.2, 0) is 14.6 Å².